The van der Waals surface area contributed by atoms with E-state index in [1.807, 2.05) is 0 Å². The van der Waals surface area contributed by atoms with Gasteiger partial charge >= 0.3 is 11.9 Å². The largest absolute Gasteiger partial charge is 0.408 e. The number of hydrogen-bond acceptors (Lipinski definition) is 6. The van der Waals surface area contributed by atoms with Crippen molar-refractivity contribution < 1.29 is 13.2 Å². The van der Waals surface area contributed by atoms with E-state index in [1.54, 1.807) is 35.1 Å². The van der Waals surface area contributed by atoms with Crippen molar-refractivity contribution in [2.75, 3.05) is 0 Å². The summed E-state index contributed by atoms with van der Waals surface area (Å²) in [5.41, 5.74) is 2.24. The molecule has 0 bridgehead atoms. The molecule has 0 saturated heterocycles. The molecule has 2 atom stereocenters. The standard InChI is InChI=1S/C21H15F3N8O2/c22-21(23,24)9-31-17-3-10(6-25-15(17)8-28-31)11-4-12(11)16-5-14(29-18-1-2-27-32(16)18)13-7-26-20(34)30-19(13)33/h1-3,5-8,11-12H,4,9H2,(H2,26,30,33,34). The third-order valence-corrected chi connectivity index (χ3v) is 5.93. The maximum Gasteiger partial charge on any atom is 0.408 e. The molecule has 6 rings (SSSR count). The molecule has 34 heavy (non-hydrogen) atoms. The van der Waals surface area contributed by atoms with E-state index in [4.69, 9.17) is 0 Å². The fraction of sp³-hybridized carbons (Fsp3) is 0.238. The monoisotopic (exact) mass is 468 g/mol. The van der Waals surface area contributed by atoms with Gasteiger partial charge in [-0.2, -0.15) is 23.4 Å². The Morgan fingerprint density at radius 1 is 1.12 bits per heavy atom. The fourth-order valence-electron chi connectivity index (χ4n) is 4.30. The topological polar surface area (TPSA) is 127 Å². The van der Waals surface area contributed by atoms with Crippen LogP contribution < -0.4 is 11.2 Å². The molecular weight excluding hydrogens is 453 g/mol. The van der Waals surface area contributed by atoms with E-state index < -0.39 is 24.0 Å². The van der Waals surface area contributed by atoms with Crippen LogP contribution in [-0.4, -0.2) is 45.5 Å². The smallest absolute Gasteiger partial charge is 0.313 e. The summed E-state index contributed by atoms with van der Waals surface area (Å²) >= 11 is 0. The average molecular weight is 468 g/mol. The van der Waals surface area contributed by atoms with Crippen LogP contribution in [0.25, 0.3) is 27.9 Å². The third kappa shape index (κ3) is 3.45. The van der Waals surface area contributed by atoms with Crippen molar-refractivity contribution >= 4 is 16.7 Å². The van der Waals surface area contributed by atoms with Gasteiger partial charge < -0.3 is 4.98 Å². The number of pyridine rings is 1. The van der Waals surface area contributed by atoms with E-state index >= 15 is 0 Å². The second kappa shape index (κ2) is 7.10. The highest BCUT2D eigenvalue weighted by Gasteiger charge is 2.42. The van der Waals surface area contributed by atoms with E-state index in [9.17, 15) is 22.8 Å². The molecular formula is C21H15F3N8O2. The van der Waals surface area contributed by atoms with Gasteiger partial charge in [-0.3, -0.25) is 19.4 Å². The molecule has 0 radical (unpaired) electrons. The Kier molecular flexibility index (Phi) is 4.25. The van der Waals surface area contributed by atoms with Crippen LogP contribution in [0.1, 0.15) is 29.5 Å². The van der Waals surface area contributed by atoms with Crippen molar-refractivity contribution in [1.29, 1.82) is 0 Å². The molecule has 2 unspecified atom stereocenters. The minimum absolute atomic E-state index is 0.00246. The van der Waals surface area contributed by atoms with Crippen molar-refractivity contribution in [2.45, 2.75) is 31.0 Å². The molecule has 13 heteroatoms. The number of hydrogen-bond donors (Lipinski definition) is 2. The van der Waals surface area contributed by atoms with Gasteiger partial charge in [0.05, 0.1) is 34.9 Å². The predicted octanol–water partition coefficient (Wildman–Crippen LogP) is 2.35. The Labute approximate surface area is 187 Å². The molecule has 10 nitrogen and oxygen atoms in total. The summed E-state index contributed by atoms with van der Waals surface area (Å²) in [4.78, 5) is 37.1. The van der Waals surface area contributed by atoms with E-state index in [1.165, 1.54) is 12.4 Å². The van der Waals surface area contributed by atoms with E-state index in [0.29, 0.717) is 22.4 Å². The number of H-pyrrole nitrogens is 2. The molecule has 0 amide bonds. The number of rotatable bonds is 4. The maximum absolute atomic E-state index is 12.9. The molecule has 1 aliphatic rings. The molecule has 0 spiro atoms. The minimum atomic E-state index is -4.39. The summed E-state index contributed by atoms with van der Waals surface area (Å²) < 4.78 is 41.3. The van der Waals surface area contributed by atoms with Crippen molar-refractivity contribution in [2.24, 2.45) is 0 Å². The molecule has 1 aliphatic carbocycles. The van der Waals surface area contributed by atoms with Gasteiger partial charge in [0.1, 0.15) is 12.1 Å². The number of aromatic nitrogens is 8. The summed E-state index contributed by atoms with van der Waals surface area (Å²) in [5, 5.41) is 8.16. The lowest BCUT2D eigenvalue weighted by Gasteiger charge is -2.09. The molecule has 5 aromatic heterocycles. The zero-order valence-corrected chi connectivity index (χ0v) is 17.2. The Balaban J connectivity index is 1.39. The molecule has 172 valence electrons. The summed E-state index contributed by atoms with van der Waals surface area (Å²) in [7, 11) is 0. The highest BCUT2D eigenvalue weighted by atomic mass is 19.4. The van der Waals surface area contributed by atoms with Crippen LogP contribution in [0.5, 0.6) is 0 Å². The van der Waals surface area contributed by atoms with Gasteiger partial charge in [-0.05, 0) is 30.0 Å². The maximum atomic E-state index is 12.9. The molecule has 1 saturated carbocycles. The highest BCUT2D eigenvalue weighted by Crippen LogP contribution is 2.54. The molecule has 1 fully saturated rings. The van der Waals surface area contributed by atoms with Gasteiger partial charge in [-0.25, -0.2) is 14.3 Å². The first-order valence-corrected chi connectivity index (χ1v) is 10.3. The molecule has 5 heterocycles. The van der Waals surface area contributed by atoms with Crippen molar-refractivity contribution in [1.82, 2.24) is 39.3 Å². The number of alkyl halides is 3. The summed E-state index contributed by atoms with van der Waals surface area (Å²) in [6.45, 7) is -1.19. The number of halogens is 3. The molecule has 0 aromatic carbocycles. The van der Waals surface area contributed by atoms with Crippen LogP contribution in [-0.2, 0) is 6.54 Å². The second-order valence-corrected chi connectivity index (χ2v) is 8.19. The van der Waals surface area contributed by atoms with Crippen LogP contribution in [0.3, 0.4) is 0 Å². The minimum Gasteiger partial charge on any atom is -0.313 e. The lowest BCUT2D eigenvalue weighted by molar-refractivity contribution is -0.141. The van der Waals surface area contributed by atoms with Crippen molar-refractivity contribution in [3.05, 3.63) is 75.1 Å². The van der Waals surface area contributed by atoms with Gasteiger partial charge in [0.2, 0.25) is 0 Å². The summed E-state index contributed by atoms with van der Waals surface area (Å²) in [5.74, 6) is -0.00752. The highest BCUT2D eigenvalue weighted by molar-refractivity contribution is 5.75. The van der Waals surface area contributed by atoms with Crippen LogP contribution in [0, 0.1) is 0 Å². The van der Waals surface area contributed by atoms with Gasteiger partial charge in [0.25, 0.3) is 5.56 Å². The van der Waals surface area contributed by atoms with Crippen molar-refractivity contribution in [3.8, 4) is 11.3 Å². The molecule has 5 aromatic rings. The second-order valence-electron chi connectivity index (χ2n) is 8.19. The number of aromatic amines is 2. The zero-order chi connectivity index (χ0) is 23.6. The first-order valence-electron chi connectivity index (χ1n) is 10.3. The zero-order valence-electron chi connectivity index (χ0n) is 17.2. The van der Waals surface area contributed by atoms with E-state index in [-0.39, 0.29) is 17.4 Å². The molecule has 0 aliphatic heterocycles. The first-order chi connectivity index (χ1) is 16.3. The Morgan fingerprint density at radius 3 is 2.76 bits per heavy atom. The van der Waals surface area contributed by atoms with Gasteiger partial charge in [-0.15, -0.1) is 0 Å². The van der Waals surface area contributed by atoms with Gasteiger partial charge in [0.15, 0.2) is 5.65 Å². The first kappa shape index (κ1) is 20.3. The molecule has 2 N–H and O–H groups in total. The van der Waals surface area contributed by atoms with E-state index in [0.717, 1.165) is 22.4 Å². The van der Waals surface area contributed by atoms with Gasteiger partial charge in [0, 0.05) is 24.4 Å². The lowest BCUT2D eigenvalue weighted by Crippen LogP contribution is -2.23. The fourth-order valence-corrected chi connectivity index (χ4v) is 4.30. The average Bonchev–Trinajstić information content (AvgIpc) is 3.26. The Morgan fingerprint density at radius 2 is 1.97 bits per heavy atom. The normalized spacial score (nSPS) is 18.1. The van der Waals surface area contributed by atoms with Crippen LogP contribution in [0.15, 0.2) is 52.6 Å². The van der Waals surface area contributed by atoms with Crippen LogP contribution >= 0.6 is 0 Å². The third-order valence-electron chi connectivity index (χ3n) is 5.93. The Hall–Kier alpha value is -4.29. The number of fused-ring (bicyclic) bond motifs is 2. The quantitative estimate of drug-likeness (QED) is 0.417. The van der Waals surface area contributed by atoms with Gasteiger partial charge in [-0.1, -0.05) is 0 Å². The number of nitrogens with one attached hydrogen (secondary N) is 2. The number of nitrogens with zero attached hydrogens (tertiary/aromatic N) is 6. The lowest BCUT2D eigenvalue weighted by atomic mass is 10.1. The van der Waals surface area contributed by atoms with Crippen molar-refractivity contribution in [3.63, 3.8) is 0 Å². The van der Waals surface area contributed by atoms with Crippen LogP contribution in [0.4, 0.5) is 13.2 Å². The predicted molar refractivity (Wildman–Crippen MR) is 113 cm³/mol. The summed E-state index contributed by atoms with van der Waals surface area (Å²) in [6.07, 6.45) is 2.20. The van der Waals surface area contributed by atoms with E-state index in [2.05, 4.69) is 30.1 Å². The SMILES string of the molecule is O=c1[nH]cc(-c2cc(C3CC3c3cnc4cnn(CC(F)(F)F)c4c3)n3nccc3n2)c(=O)[nH]1. The Bertz CT molecular complexity index is 1680. The summed E-state index contributed by atoms with van der Waals surface area (Å²) in [6, 6.07) is 5.14. The van der Waals surface area contributed by atoms with Crippen LogP contribution in [0.2, 0.25) is 0 Å².